The fourth-order valence-corrected chi connectivity index (χ4v) is 2.86. The highest BCUT2D eigenvalue weighted by Crippen LogP contribution is 2.16. The molecule has 0 aliphatic rings. The topological polar surface area (TPSA) is 57.2 Å². The quantitative estimate of drug-likeness (QED) is 0.718. The highest BCUT2D eigenvalue weighted by atomic mass is 16.2. The van der Waals surface area contributed by atoms with Gasteiger partial charge < -0.3 is 19.4 Å². The maximum absolute atomic E-state index is 13.0. The van der Waals surface area contributed by atoms with Gasteiger partial charge in [0.15, 0.2) is 0 Å². The summed E-state index contributed by atoms with van der Waals surface area (Å²) in [5.74, 6) is 0.102. The van der Waals surface area contributed by atoms with Crippen molar-refractivity contribution >= 4 is 16.8 Å². The molecule has 6 nitrogen and oxygen atoms in total. The second kappa shape index (κ2) is 7.53. The third-order valence-corrected chi connectivity index (χ3v) is 4.43. The number of imidazole rings is 1. The molecule has 25 heavy (non-hydrogen) atoms. The van der Waals surface area contributed by atoms with E-state index in [-0.39, 0.29) is 5.91 Å². The largest absolute Gasteiger partial charge is 0.348 e. The molecule has 0 unspecified atom stereocenters. The number of H-pyrrole nitrogens is 1. The van der Waals surface area contributed by atoms with Crippen molar-refractivity contribution in [2.45, 2.75) is 20.0 Å². The minimum Gasteiger partial charge on any atom is -0.348 e. The van der Waals surface area contributed by atoms with Crippen LogP contribution in [0.3, 0.4) is 0 Å². The van der Waals surface area contributed by atoms with E-state index in [4.69, 9.17) is 0 Å². The van der Waals surface area contributed by atoms with Crippen LogP contribution in [0.5, 0.6) is 0 Å². The third-order valence-electron chi connectivity index (χ3n) is 4.43. The summed E-state index contributed by atoms with van der Waals surface area (Å²) < 4.78 is 2.01. The zero-order chi connectivity index (χ0) is 17.8. The Balaban J connectivity index is 1.77. The average molecular weight is 339 g/mol. The molecule has 0 aliphatic heterocycles. The zero-order valence-corrected chi connectivity index (χ0v) is 15.1. The number of para-hydroxylation sites is 1. The van der Waals surface area contributed by atoms with E-state index in [0.29, 0.717) is 19.6 Å². The lowest BCUT2D eigenvalue weighted by atomic mass is 10.2. The van der Waals surface area contributed by atoms with Gasteiger partial charge in [0.05, 0.1) is 18.6 Å². The summed E-state index contributed by atoms with van der Waals surface area (Å²) in [5, 5.41) is 1.15. The van der Waals surface area contributed by atoms with Gasteiger partial charge in [-0.05, 0) is 38.5 Å². The lowest BCUT2D eigenvalue weighted by molar-refractivity contribution is -0.132. The van der Waals surface area contributed by atoms with Crippen molar-refractivity contribution < 1.29 is 4.79 Å². The smallest absolute Gasteiger partial charge is 0.242 e. The Hall–Kier alpha value is -2.60. The van der Waals surface area contributed by atoms with Gasteiger partial charge in [-0.2, -0.15) is 0 Å². The van der Waals surface area contributed by atoms with Gasteiger partial charge in [0, 0.05) is 30.5 Å². The Bertz CT molecular complexity index is 848. The number of amides is 1. The molecule has 3 aromatic rings. The summed E-state index contributed by atoms with van der Waals surface area (Å²) in [5.41, 5.74) is 3.01. The summed E-state index contributed by atoms with van der Waals surface area (Å²) in [7, 11) is 4.03. The number of rotatable bonds is 7. The molecule has 0 radical (unpaired) electrons. The minimum atomic E-state index is 0.102. The molecule has 1 amide bonds. The van der Waals surface area contributed by atoms with Crippen molar-refractivity contribution in [2.75, 3.05) is 27.2 Å². The molecule has 0 saturated heterocycles. The van der Waals surface area contributed by atoms with Gasteiger partial charge in [0.25, 0.3) is 0 Å². The molecule has 1 aromatic carbocycles. The minimum absolute atomic E-state index is 0.102. The van der Waals surface area contributed by atoms with Crippen LogP contribution in [0.2, 0.25) is 0 Å². The Labute approximate surface area is 148 Å². The van der Waals surface area contributed by atoms with Gasteiger partial charge >= 0.3 is 0 Å². The van der Waals surface area contributed by atoms with Crippen LogP contribution in [0.1, 0.15) is 11.4 Å². The van der Waals surface area contributed by atoms with Gasteiger partial charge in [-0.15, -0.1) is 0 Å². The summed E-state index contributed by atoms with van der Waals surface area (Å²) in [4.78, 5) is 24.4. The van der Waals surface area contributed by atoms with Crippen molar-refractivity contribution in [2.24, 2.45) is 0 Å². The predicted molar refractivity (Wildman–Crippen MR) is 99.2 cm³/mol. The Morgan fingerprint density at radius 3 is 2.72 bits per heavy atom. The second-order valence-corrected chi connectivity index (χ2v) is 6.60. The van der Waals surface area contributed by atoms with Crippen molar-refractivity contribution in [3.63, 3.8) is 0 Å². The molecular weight excluding hydrogens is 314 g/mol. The number of hydrogen-bond acceptors (Lipinski definition) is 3. The van der Waals surface area contributed by atoms with Crippen LogP contribution in [0.15, 0.2) is 42.9 Å². The first-order valence-electron chi connectivity index (χ1n) is 8.50. The summed E-state index contributed by atoms with van der Waals surface area (Å²) in [6.07, 6.45) is 3.66. The summed E-state index contributed by atoms with van der Waals surface area (Å²) in [6.45, 7) is 4.35. The molecule has 0 atom stereocenters. The number of nitrogens with zero attached hydrogens (tertiary/aromatic N) is 4. The zero-order valence-electron chi connectivity index (χ0n) is 15.1. The van der Waals surface area contributed by atoms with Crippen LogP contribution in [-0.2, 0) is 17.9 Å². The van der Waals surface area contributed by atoms with Crippen molar-refractivity contribution in [1.82, 2.24) is 24.3 Å². The number of aromatic nitrogens is 3. The average Bonchev–Trinajstić information content (AvgIpc) is 3.18. The van der Waals surface area contributed by atoms with Crippen LogP contribution in [-0.4, -0.2) is 57.4 Å². The molecule has 2 heterocycles. The van der Waals surface area contributed by atoms with Gasteiger partial charge in [0.2, 0.25) is 5.91 Å². The lowest BCUT2D eigenvalue weighted by Crippen LogP contribution is -2.38. The van der Waals surface area contributed by atoms with E-state index in [9.17, 15) is 4.79 Å². The molecular formula is C19H25N5O. The number of hydrogen-bond donors (Lipinski definition) is 1. The predicted octanol–water partition coefficient (Wildman–Crippen LogP) is 2.26. The number of carbonyl (C=O) groups excluding carboxylic acids is 1. The molecule has 0 spiro atoms. The van der Waals surface area contributed by atoms with Gasteiger partial charge in [-0.25, -0.2) is 4.98 Å². The van der Waals surface area contributed by atoms with Gasteiger partial charge in [-0.3, -0.25) is 4.79 Å². The summed E-state index contributed by atoms with van der Waals surface area (Å²) >= 11 is 0. The molecule has 0 saturated carbocycles. The lowest BCUT2D eigenvalue weighted by Gasteiger charge is -2.24. The second-order valence-electron chi connectivity index (χ2n) is 6.60. The normalized spacial score (nSPS) is 11.4. The van der Waals surface area contributed by atoms with Gasteiger partial charge in [0.1, 0.15) is 6.54 Å². The fraction of sp³-hybridized carbons (Fsp3) is 0.368. The monoisotopic (exact) mass is 339 g/mol. The van der Waals surface area contributed by atoms with E-state index in [0.717, 1.165) is 28.8 Å². The van der Waals surface area contributed by atoms with Crippen molar-refractivity contribution in [3.8, 4) is 0 Å². The Kier molecular flexibility index (Phi) is 5.19. The maximum atomic E-state index is 13.0. The first-order chi connectivity index (χ1) is 12.0. The van der Waals surface area contributed by atoms with Crippen LogP contribution in [0.25, 0.3) is 10.9 Å². The number of likely N-dealkylation sites (N-methyl/N-ethyl adjacent to an activating group) is 1. The van der Waals surface area contributed by atoms with Crippen molar-refractivity contribution in [3.05, 3.63) is 54.2 Å². The van der Waals surface area contributed by atoms with Crippen LogP contribution in [0.4, 0.5) is 0 Å². The highest BCUT2D eigenvalue weighted by Gasteiger charge is 2.17. The molecule has 132 valence electrons. The number of nitrogens with one attached hydrogen (secondary N) is 1. The van der Waals surface area contributed by atoms with E-state index in [1.54, 1.807) is 6.33 Å². The fourth-order valence-electron chi connectivity index (χ4n) is 2.86. The molecule has 1 N–H and O–H groups in total. The first-order valence-corrected chi connectivity index (χ1v) is 8.50. The Morgan fingerprint density at radius 1 is 1.20 bits per heavy atom. The third kappa shape index (κ3) is 4.09. The molecule has 3 rings (SSSR count). The van der Waals surface area contributed by atoms with Crippen LogP contribution in [0, 0.1) is 6.92 Å². The van der Waals surface area contributed by atoms with E-state index < -0.39 is 0 Å². The Morgan fingerprint density at radius 2 is 2.00 bits per heavy atom. The number of benzene rings is 1. The molecule has 0 aliphatic carbocycles. The number of carbonyl (C=O) groups is 1. The SMILES string of the molecule is Cc1[nH]cnc1CN(CCN(C)C)C(=O)Cn1ccc2ccccc21. The number of fused-ring (bicyclic) bond motifs is 1. The molecule has 0 bridgehead atoms. The van der Waals surface area contributed by atoms with Crippen LogP contribution >= 0.6 is 0 Å². The maximum Gasteiger partial charge on any atom is 0.242 e. The number of aryl methyl sites for hydroxylation is 1. The molecule has 2 aromatic heterocycles. The standard InChI is InChI=1S/C19H25N5O/c1-15-17(21-14-20-15)12-24(11-10-22(2)3)19(25)13-23-9-8-16-6-4-5-7-18(16)23/h4-9,14H,10-13H2,1-3H3,(H,20,21). The van der Waals surface area contributed by atoms with Crippen molar-refractivity contribution in [1.29, 1.82) is 0 Å². The summed E-state index contributed by atoms with van der Waals surface area (Å²) in [6, 6.07) is 10.2. The van der Waals surface area contributed by atoms with E-state index in [1.165, 1.54) is 0 Å². The van der Waals surface area contributed by atoms with Gasteiger partial charge in [-0.1, -0.05) is 18.2 Å². The van der Waals surface area contributed by atoms with E-state index >= 15 is 0 Å². The number of aromatic amines is 1. The van der Waals surface area contributed by atoms with Crippen LogP contribution < -0.4 is 0 Å². The molecule has 6 heteroatoms. The first kappa shape index (κ1) is 17.2. The van der Waals surface area contributed by atoms with E-state index in [1.807, 2.05) is 60.9 Å². The van der Waals surface area contributed by atoms with E-state index in [2.05, 4.69) is 20.9 Å². The molecule has 0 fully saturated rings. The highest BCUT2D eigenvalue weighted by molar-refractivity contribution is 5.83.